The van der Waals surface area contributed by atoms with Crippen LogP contribution in [-0.4, -0.2) is 40.3 Å². The predicted octanol–water partition coefficient (Wildman–Crippen LogP) is 2.51. The molecule has 0 saturated heterocycles. The third kappa shape index (κ3) is 4.89. The molecule has 0 aliphatic carbocycles. The summed E-state index contributed by atoms with van der Waals surface area (Å²) in [6.45, 7) is 2.54. The highest BCUT2D eigenvalue weighted by atomic mass is 16.4. The summed E-state index contributed by atoms with van der Waals surface area (Å²) in [5.74, 6) is -2.42. The first-order valence-corrected chi connectivity index (χ1v) is 7.94. The highest BCUT2D eigenvalue weighted by molar-refractivity contribution is 5.93. The van der Waals surface area contributed by atoms with Gasteiger partial charge in [-0.3, -0.25) is 0 Å². The fourth-order valence-electron chi connectivity index (χ4n) is 2.64. The first-order valence-electron chi connectivity index (χ1n) is 7.94. The third-order valence-electron chi connectivity index (χ3n) is 4.03. The second kappa shape index (κ2) is 8.41. The van der Waals surface area contributed by atoms with Crippen molar-refractivity contribution in [3.8, 4) is 0 Å². The van der Waals surface area contributed by atoms with Crippen LogP contribution in [0.15, 0.2) is 48.5 Å². The highest BCUT2D eigenvalue weighted by Gasteiger charge is 2.18. The van der Waals surface area contributed by atoms with Crippen molar-refractivity contribution in [1.82, 2.24) is 5.32 Å². The Balaban J connectivity index is 2.04. The van der Waals surface area contributed by atoms with E-state index in [2.05, 4.69) is 5.32 Å². The first-order chi connectivity index (χ1) is 11.9. The van der Waals surface area contributed by atoms with Crippen LogP contribution in [0, 0.1) is 0 Å². The lowest BCUT2D eigenvalue weighted by Gasteiger charge is -2.18. The summed E-state index contributed by atoms with van der Waals surface area (Å²) in [4.78, 5) is 22.5. The van der Waals surface area contributed by atoms with Crippen molar-refractivity contribution in [3.05, 3.63) is 70.8 Å². The van der Waals surface area contributed by atoms with E-state index in [0.717, 1.165) is 5.56 Å². The van der Waals surface area contributed by atoms with Crippen LogP contribution in [0.4, 0.5) is 0 Å². The number of hydrogen-bond donors (Lipinski definition) is 4. The number of hydrogen-bond acceptors (Lipinski definition) is 4. The molecule has 0 aromatic heterocycles. The summed E-state index contributed by atoms with van der Waals surface area (Å²) in [5.41, 5.74) is 1.38. The maximum absolute atomic E-state index is 11.4. The molecule has 2 aromatic rings. The van der Waals surface area contributed by atoms with Crippen LogP contribution in [0.2, 0.25) is 0 Å². The molecule has 0 aliphatic rings. The number of aromatic carboxylic acids is 2. The fourth-order valence-corrected chi connectivity index (χ4v) is 2.64. The normalized spacial score (nSPS) is 13.2. The molecule has 2 unspecified atom stereocenters. The van der Waals surface area contributed by atoms with Crippen LogP contribution in [0.1, 0.15) is 50.8 Å². The van der Waals surface area contributed by atoms with Crippen molar-refractivity contribution >= 4 is 11.9 Å². The Bertz CT molecular complexity index is 745. The molecule has 132 valence electrons. The van der Waals surface area contributed by atoms with Gasteiger partial charge in [0.1, 0.15) is 0 Å². The Morgan fingerprint density at radius 1 is 1.00 bits per heavy atom. The average Bonchev–Trinajstić information content (AvgIpc) is 2.61. The van der Waals surface area contributed by atoms with Gasteiger partial charge in [0.15, 0.2) is 0 Å². The molecule has 2 aromatic carbocycles. The molecule has 0 saturated carbocycles. The Kier molecular flexibility index (Phi) is 6.27. The Labute approximate surface area is 145 Å². The number of carbonyl (C=O) groups is 2. The van der Waals surface area contributed by atoms with Crippen LogP contribution in [-0.2, 0) is 0 Å². The molecule has 2 atom stereocenters. The minimum absolute atomic E-state index is 0.0520. The zero-order valence-electron chi connectivity index (χ0n) is 13.8. The number of benzene rings is 2. The van der Waals surface area contributed by atoms with E-state index in [1.54, 1.807) is 0 Å². The first kappa shape index (κ1) is 18.6. The van der Waals surface area contributed by atoms with Crippen LogP contribution in [0.3, 0.4) is 0 Å². The van der Waals surface area contributed by atoms with Gasteiger partial charge in [-0.05, 0) is 35.2 Å². The SMILES string of the molecule is CC(CNCC(O)c1ccccc1)c1cc(C(=O)O)ccc1C(=O)O. The highest BCUT2D eigenvalue weighted by Crippen LogP contribution is 2.22. The molecule has 6 heteroatoms. The molecule has 6 nitrogen and oxygen atoms in total. The van der Waals surface area contributed by atoms with Gasteiger partial charge in [-0.15, -0.1) is 0 Å². The van der Waals surface area contributed by atoms with Gasteiger partial charge in [0.25, 0.3) is 0 Å². The van der Waals surface area contributed by atoms with Crippen LogP contribution >= 0.6 is 0 Å². The van der Waals surface area contributed by atoms with E-state index in [1.165, 1.54) is 18.2 Å². The quantitative estimate of drug-likeness (QED) is 0.587. The second-order valence-electron chi connectivity index (χ2n) is 5.90. The number of aliphatic hydroxyl groups excluding tert-OH is 1. The van der Waals surface area contributed by atoms with Gasteiger partial charge in [-0.1, -0.05) is 37.3 Å². The monoisotopic (exact) mass is 343 g/mol. The lowest BCUT2D eigenvalue weighted by molar-refractivity contribution is 0.0679. The topological polar surface area (TPSA) is 107 Å². The van der Waals surface area contributed by atoms with Gasteiger partial charge < -0.3 is 20.6 Å². The maximum atomic E-state index is 11.4. The van der Waals surface area contributed by atoms with Gasteiger partial charge in [0, 0.05) is 13.1 Å². The van der Waals surface area contributed by atoms with Crippen LogP contribution in [0.25, 0.3) is 0 Å². The smallest absolute Gasteiger partial charge is 0.335 e. The van der Waals surface area contributed by atoms with Crippen molar-refractivity contribution in [2.24, 2.45) is 0 Å². The number of nitrogens with one attached hydrogen (secondary N) is 1. The molecule has 0 bridgehead atoms. The van der Waals surface area contributed by atoms with E-state index in [-0.39, 0.29) is 17.0 Å². The summed E-state index contributed by atoms with van der Waals surface area (Å²) in [6.07, 6.45) is -0.669. The summed E-state index contributed by atoms with van der Waals surface area (Å²) >= 11 is 0. The zero-order valence-corrected chi connectivity index (χ0v) is 13.8. The van der Waals surface area contributed by atoms with Gasteiger partial charge in [0.05, 0.1) is 17.2 Å². The molecule has 0 heterocycles. The second-order valence-corrected chi connectivity index (χ2v) is 5.90. The van der Waals surface area contributed by atoms with Gasteiger partial charge in [-0.2, -0.15) is 0 Å². The van der Waals surface area contributed by atoms with Gasteiger partial charge in [-0.25, -0.2) is 9.59 Å². The largest absolute Gasteiger partial charge is 0.478 e. The minimum Gasteiger partial charge on any atom is -0.478 e. The minimum atomic E-state index is -1.10. The summed E-state index contributed by atoms with van der Waals surface area (Å²) < 4.78 is 0. The van der Waals surface area contributed by atoms with E-state index in [1.807, 2.05) is 37.3 Å². The summed E-state index contributed by atoms with van der Waals surface area (Å²) in [6, 6.07) is 13.2. The fraction of sp³-hybridized carbons (Fsp3) is 0.263. The van der Waals surface area contributed by atoms with Crippen LogP contribution in [0.5, 0.6) is 0 Å². The number of carboxylic acid groups (broad SMARTS) is 2. The Hall–Kier alpha value is -2.70. The molecule has 0 fully saturated rings. The van der Waals surface area contributed by atoms with Gasteiger partial charge >= 0.3 is 11.9 Å². The van der Waals surface area contributed by atoms with Crippen molar-refractivity contribution in [2.75, 3.05) is 13.1 Å². The van der Waals surface area contributed by atoms with Gasteiger partial charge in [0.2, 0.25) is 0 Å². The third-order valence-corrected chi connectivity index (χ3v) is 4.03. The predicted molar refractivity (Wildman–Crippen MR) is 93.0 cm³/mol. The molecule has 4 N–H and O–H groups in total. The van der Waals surface area contributed by atoms with Crippen molar-refractivity contribution < 1.29 is 24.9 Å². The molecule has 0 radical (unpaired) electrons. The number of aliphatic hydroxyl groups is 1. The number of rotatable bonds is 8. The molecule has 0 spiro atoms. The maximum Gasteiger partial charge on any atom is 0.335 e. The summed E-state index contributed by atoms with van der Waals surface area (Å²) in [5, 5.41) is 31.6. The van der Waals surface area contributed by atoms with Crippen molar-refractivity contribution in [3.63, 3.8) is 0 Å². The van der Waals surface area contributed by atoms with E-state index < -0.39 is 18.0 Å². The molecule has 0 amide bonds. The van der Waals surface area contributed by atoms with Crippen molar-refractivity contribution in [1.29, 1.82) is 0 Å². The summed E-state index contributed by atoms with van der Waals surface area (Å²) in [7, 11) is 0. The standard InChI is InChI=1S/C19H21NO5/c1-12(10-20-11-17(21)13-5-3-2-4-6-13)16-9-14(18(22)23)7-8-15(16)19(24)25/h2-9,12,17,20-21H,10-11H2,1H3,(H,22,23)(H,24,25). The van der Waals surface area contributed by atoms with E-state index in [0.29, 0.717) is 18.7 Å². The molecule has 0 aliphatic heterocycles. The molecular formula is C19H21NO5. The number of carboxylic acids is 2. The lowest BCUT2D eigenvalue weighted by atomic mass is 9.93. The Morgan fingerprint density at radius 2 is 1.68 bits per heavy atom. The van der Waals surface area contributed by atoms with Crippen molar-refractivity contribution in [2.45, 2.75) is 18.9 Å². The molecule has 25 heavy (non-hydrogen) atoms. The van der Waals surface area contributed by atoms with E-state index in [4.69, 9.17) is 5.11 Å². The van der Waals surface area contributed by atoms with E-state index in [9.17, 15) is 19.8 Å². The van der Waals surface area contributed by atoms with E-state index >= 15 is 0 Å². The Morgan fingerprint density at radius 3 is 2.28 bits per heavy atom. The molecule has 2 rings (SSSR count). The zero-order chi connectivity index (χ0) is 18.4. The van der Waals surface area contributed by atoms with Crippen LogP contribution < -0.4 is 5.32 Å². The average molecular weight is 343 g/mol. The lowest BCUT2D eigenvalue weighted by Crippen LogP contribution is -2.26. The molecular weight excluding hydrogens is 322 g/mol.